The standard InChI is InChI=1S/C10H10N6.CH4/c1-4-11-14-7(1)10(8-2-5-12-15-8)9-3-6-13-16-9;/h1-6,10H,(H,11,14)(H,12,15)(H,13,16);1H4. The van der Waals surface area contributed by atoms with Crippen molar-refractivity contribution in [2.45, 2.75) is 13.3 Å². The van der Waals surface area contributed by atoms with Gasteiger partial charge >= 0.3 is 0 Å². The predicted molar refractivity (Wildman–Crippen MR) is 63.4 cm³/mol. The van der Waals surface area contributed by atoms with E-state index in [1.807, 2.05) is 18.2 Å². The van der Waals surface area contributed by atoms with Gasteiger partial charge in [-0.05, 0) is 18.2 Å². The number of nitrogens with one attached hydrogen (secondary N) is 3. The second kappa shape index (κ2) is 4.65. The largest absolute Gasteiger partial charge is 0.281 e. The smallest absolute Gasteiger partial charge is 0.0840 e. The molecule has 3 heterocycles. The molecule has 88 valence electrons. The number of aromatic nitrogens is 6. The summed E-state index contributed by atoms with van der Waals surface area (Å²) in [5.74, 6) is 0.0347. The molecule has 17 heavy (non-hydrogen) atoms. The lowest BCUT2D eigenvalue weighted by molar-refractivity contribution is 0.810. The Labute approximate surface area is 98.5 Å². The zero-order valence-corrected chi connectivity index (χ0v) is 8.38. The van der Waals surface area contributed by atoms with Gasteiger partial charge in [0.2, 0.25) is 0 Å². The fourth-order valence-electron chi connectivity index (χ4n) is 1.78. The molecule has 0 aliphatic rings. The Bertz CT molecular complexity index is 441. The first-order chi connectivity index (χ1) is 7.95. The number of hydrogen-bond donors (Lipinski definition) is 3. The minimum Gasteiger partial charge on any atom is -0.281 e. The van der Waals surface area contributed by atoms with Gasteiger partial charge < -0.3 is 0 Å². The van der Waals surface area contributed by atoms with Gasteiger partial charge in [-0.15, -0.1) is 0 Å². The quantitative estimate of drug-likeness (QED) is 0.639. The monoisotopic (exact) mass is 230 g/mol. The van der Waals surface area contributed by atoms with Crippen molar-refractivity contribution in [3.05, 3.63) is 53.9 Å². The van der Waals surface area contributed by atoms with E-state index in [-0.39, 0.29) is 13.3 Å². The molecule has 0 atom stereocenters. The highest BCUT2D eigenvalue weighted by Gasteiger charge is 2.20. The van der Waals surface area contributed by atoms with Gasteiger partial charge in [-0.1, -0.05) is 7.43 Å². The molecular formula is C11H14N6. The van der Waals surface area contributed by atoms with E-state index in [1.54, 1.807) is 18.6 Å². The molecule has 0 aliphatic heterocycles. The summed E-state index contributed by atoms with van der Waals surface area (Å²) in [4.78, 5) is 0. The fourth-order valence-corrected chi connectivity index (χ4v) is 1.78. The van der Waals surface area contributed by atoms with E-state index in [2.05, 4.69) is 30.6 Å². The van der Waals surface area contributed by atoms with Crippen molar-refractivity contribution in [2.75, 3.05) is 0 Å². The van der Waals surface area contributed by atoms with Gasteiger partial charge in [0.05, 0.1) is 23.0 Å². The molecule has 0 radical (unpaired) electrons. The van der Waals surface area contributed by atoms with Crippen molar-refractivity contribution >= 4 is 0 Å². The van der Waals surface area contributed by atoms with Crippen molar-refractivity contribution in [3.63, 3.8) is 0 Å². The van der Waals surface area contributed by atoms with Crippen LogP contribution in [0.5, 0.6) is 0 Å². The first-order valence-electron chi connectivity index (χ1n) is 4.93. The molecule has 3 aromatic rings. The summed E-state index contributed by atoms with van der Waals surface area (Å²) in [5.41, 5.74) is 2.98. The minimum atomic E-state index is 0. The summed E-state index contributed by atoms with van der Waals surface area (Å²) in [6.45, 7) is 0. The topological polar surface area (TPSA) is 86.0 Å². The highest BCUT2D eigenvalue weighted by Crippen LogP contribution is 2.26. The van der Waals surface area contributed by atoms with Gasteiger partial charge in [0.25, 0.3) is 0 Å². The van der Waals surface area contributed by atoms with Crippen LogP contribution in [0.15, 0.2) is 36.8 Å². The van der Waals surface area contributed by atoms with E-state index in [9.17, 15) is 0 Å². The maximum Gasteiger partial charge on any atom is 0.0840 e. The Balaban J connectivity index is 0.00000108. The number of aromatic amines is 3. The van der Waals surface area contributed by atoms with Crippen molar-refractivity contribution in [3.8, 4) is 0 Å². The Morgan fingerprint density at radius 1 is 0.706 bits per heavy atom. The summed E-state index contributed by atoms with van der Waals surface area (Å²) in [6.07, 6.45) is 5.19. The van der Waals surface area contributed by atoms with Crippen LogP contribution in [-0.4, -0.2) is 30.6 Å². The van der Waals surface area contributed by atoms with E-state index in [1.165, 1.54) is 0 Å². The molecule has 0 fully saturated rings. The maximum absolute atomic E-state index is 3.97. The lowest BCUT2D eigenvalue weighted by Gasteiger charge is -2.10. The Kier molecular flexibility index (Phi) is 3.04. The van der Waals surface area contributed by atoms with Crippen molar-refractivity contribution in [2.24, 2.45) is 0 Å². The molecule has 0 aromatic carbocycles. The molecule has 3 N–H and O–H groups in total. The number of nitrogens with zero attached hydrogens (tertiary/aromatic N) is 3. The summed E-state index contributed by atoms with van der Waals surface area (Å²) in [6, 6.07) is 5.81. The Morgan fingerprint density at radius 3 is 1.29 bits per heavy atom. The summed E-state index contributed by atoms with van der Waals surface area (Å²) < 4.78 is 0. The highest BCUT2D eigenvalue weighted by atomic mass is 15.1. The van der Waals surface area contributed by atoms with E-state index < -0.39 is 0 Å². The molecule has 0 aliphatic carbocycles. The third-order valence-electron chi connectivity index (χ3n) is 2.50. The second-order valence-electron chi connectivity index (χ2n) is 3.47. The van der Waals surface area contributed by atoms with E-state index >= 15 is 0 Å². The van der Waals surface area contributed by atoms with Crippen LogP contribution >= 0.6 is 0 Å². The average molecular weight is 230 g/mol. The Morgan fingerprint density at radius 2 is 1.06 bits per heavy atom. The first-order valence-corrected chi connectivity index (χ1v) is 4.93. The molecule has 0 spiro atoms. The summed E-state index contributed by atoms with van der Waals surface area (Å²) in [7, 11) is 0. The van der Waals surface area contributed by atoms with Gasteiger partial charge in [0.15, 0.2) is 0 Å². The summed E-state index contributed by atoms with van der Waals surface area (Å²) in [5, 5.41) is 20.8. The number of H-pyrrole nitrogens is 3. The van der Waals surface area contributed by atoms with Crippen LogP contribution in [0.1, 0.15) is 30.4 Å². The molecular weight excluding hydrogens is 216 g/mol. The maximum atomic E-state index is 3.97. The van der Waals surface area contributed by atoms with Crippen LogP contribution < -0.4 is 0 Å². The lowest BCUT2D eigenvalue weighted by atomic mass is 9.98. The van der Waals surface area contributed by atoms with Gasteiger partial charge in [0.1, 0.15) is 0 Å². The number of rotatable bonds is 3. The highest BCUT2D eigenvalue weighted by molar-refractivity contribution is 5.31. The lowest BCUT2D eigenvalue weighted by Crippen LogP contribution is -2.05. The number of hydrogen-bond acceptors (Lipinski definition) is 3. The van der Waals surface area contributed by atoms with E-state index in [0.29, 0.717) is 0 Å². The van der Waals surface area contributed by atoms with E-state index in [0.717, 1.165) is 17.1 Å². The van der Waals surface area contributed by atoms with Gasteiger partial charge in [0, 0.05) is 18.6 Å². The van der Waals surface area contributed by atoms with E-state index in [4.69, 9.17) is 0 Å². The van der Waals surface area contributed by atoms with Crippen LogP contribution in [0.25, 0.3) is 0 Å². The summed E-state index contributed by atoms with van der Waals surface area (Å²) >= 11 is 0. The third-order valence-corrected chi connectivity index (χ3v) is 2.50. The first kappa shape index (κ1) is 11.1. The molecule has 0 bridgehead atoms. The minimum absolute atomic E-state index is 0. The van der Waals surface area contributed by atoms with Crippen molar-refractivity contribution in [1.82, 2.24) is 30.6 Å². The van der Waals surface area contributed by atoms with Gasteiger partial charge in [-0.3, -0.25) is 15.3 Å². The van der Waals surface area contributed by atoms with Crippen molar-refractivity contribution in [1.29, 1.82) is 0 Å². The van der Waals surface area contributed by atoms with Gasteiger partial charge in [-0.2, -0.15) is 15.3 Å². The van der Waals surface area contributed by atoms with Crippen LogP contribution in [0.3, 0.4) is 0 Å². The molecule has 0 saturated heterocycles. The molecule has 3 rings (SSSR count). The molecule has 6 heteroatoms. The van der Waals surface area contributed by atoms with Gasteiger partial charge in [-0.25, -0.2) is 0 Å². The molecule has 6 nitrogen and oxygen atoms in total. The molecule has 0 unspecified atom stereocenters. The zero-order chi connectivity index (χ0) is 10.8. The van der Waals surface area contributed by atoms with Crippen molar-refractivity contribution < 1.29 is 0 Å². The third kappa shape index (κ3) is 1.96. The van der Waals surface area contributed by atoms with Crippen LogP contribution in [0.2, 0.25) is 0 Å². The second-order valence-corrected chi connectivity index (χ2v) is 3.47. The van der Waals surface area contributed by atoms with Crippen LogP contribution in [0.4, 0.5) is 0 Å². The van der Waals surface area contributed by atoms with Crippen LogP contribution in [0, 0.1) is 0 Å². The molecule has 0 amide bonds. The Hall–Kier alpha value is -2.37. The predicted octanol–water partition coefficient (Wildman–Crippen LogP) is 1.67. The average Bonchev–Trinajstić information content (AvgIpc) is 3.02. The zero-order valence-electron chi connectivity index (χ0n) is 8.38. The van der Waals surface area contributed by atoms with Crippen LogP contribution in [-0.2, 0) is 0 Å². The molecule has 3 aromatic heterocycles. The normalized spacial score (nSPS) is 10.4. The molecule has 0 saturated carbocycles. The SMILES string of the molecule is C.c1cc(C(c2ccn[nH]2)c2ccn[nH]2)[nH]n1. The fraction of sp³-hybridized carbons (Fsp3) is 0.182.